The summed E-state index contributed by atoms with van der Waals surface area (Å²) >= 11 is 6.12. The second-order valence-electron chi connectivity index (χ2n) is 9.98. The first-order chi connectivity index (χ1) is 16.8. The predicted molar refractivity (Wildman–Crippen MR) is 131 cm³/mol. The standard InChI is InChI=1S/C21H30ClN7O6S/c1-10(2)28-36(32,33)7-6-23-17-13-18(26-20(22)25-17)29(9-24-13)19-15(31)14(30)16(34-19)11-8-12(27-35-11)21(3,4)5/h8-10,14-16,19,28,30-31H,6-7H2,1-5H3,(H,23,25,26)/t14-,15-,16+,19+/m0/s1. The van der Waals surface area contributed by atoms with Crippen molar-refractivity contribution in [3.63, 3.8) is 0 Å². The Balaban J connectivity index is 1.57. The Morgan fingerprint density at radius 1 is 1.22 bits per heavy atom. The van der Waals surface area contributed by atoms with Gasteiger partial charge in [0.1, 0.15) is 18.3 Å². The normalized spacial score (nSPS) is 23.1. The van der Waals surface area contributed by atoms with Gasteiger partial charge < -0.3 is 24.8 Å². The SMILES string of the molecule is CC(C)NS(=O)(=O)CCNc1nc(Cl)nc2c1ncn2[C@@H]1O[C@H](c2cc(C(C)(C)C)no2)[C@@H](O)[C@@H]1O. The zero-order valence-electron chi connectivity index (χ0n) is 20.5. The molecule has 4 heterocycles. The molecule has 1 saturated heterocycles. The first kappa shape index (κ1) is 26.7. The second kappa shape index (κ2) is 9.84. The van der Waals surface area contributed by atoms with E-state index in [-0.39, 0.29) is 51.8 Å². The fraction of sp³-hybridized carbons (Fsp3) is 0.619. The Kier molecular flexibility index (Phi) is 7.29. The predicted octanol–water partition coefficient (Wildman–Crippen LogP) is 1.50. The van der Waals surface area contributed by atoms with E-state index in [0.717, 1.165) is 0 Å². The summed E-state index contributed by atoms with van der Waals surface area (Å²) in [5.74, 6) is 0.309. The quantitative estimate of drug-likeness (QED) is 0.302. The van der Waals surface area contributed by atoms with Crippen molar-refractivity contribution in [1.29, 1.82) is 0 Å². The van der Waals surface area contributed by atoms with E-state index in [1.54, 1.807) is 19.9 Å². The molecule has 0 unspecified atom stereocenters. The Hall–Kier alpha value is -2.36. The number of imidazole rings is 1. The van der Waals surface area contributed by atoms with Gasteiger partial charge in [-0.2, -0.15) is 9.97 Å². The molecule has 0 saturated carbocycles. The third-order valence-corrected chi connectivity index (χ3v) is 7.30. The van der Waals surface area contributed by atoms with E-state index in [4.69, 9.17) is 20.9 Å². The summed E-state index contributed by atoms with van der Waals surface area (Å²) in [6.45, 7) is 9.43. The van der Waals surface area contributed by atoms with Crippen LogP contribution in [0, 0.1) is 0 Å². The molecule has 1 aliphatic rings. The number of nitrogens with zero attached hydrogens (tertiary/aromatic N) is 5. The molecular weight excluding hydrogens is 514 g/mol. The lowest BCUT2D eigenvalue weighted by Crippen LogP contribution is -2.34. The van der Waals surface area contributed by atoms with Crippen molar-refractivity contribution in [1.82, 2.24) is 29.4 Å². The molecule has 15 heteroatoms. The molecule has 1 aliphatic heterocycles. The first-order valence-electron chi connectivity index (χ1n) is 11.4. The van der Waals surface area contributed by atoms with E-state index in [1.165, 1.54) is 10.9 Å². The van der Waals surface area contributed by atoms with Crippen molar-refractivity contribution in [3.8, 4) is 0 Å². The molecule has 198 valence electrons. The van der Waals surface area contributed by atoms with Crippen molar-refractivity contribution in [2.75, 3.05) is 17.6 Å². The van der Waals surface area contributed by atoms with Gasteiger partial charge in [-0.3, -0.25) is 4.57 Å². The highest BCUT2D eigenvalue weighted by atomic mass is 35.5. The number of hydrogen-bond donors (Lipinski definition) is 4. The minimum Gasteiger partial charge on any atom is -0.387 e. The van der Waals surface area contributed by atoms with Crippen LogP contribution in [0.25, 0.3) is 11.2 Å². The average Bonchev–Trinajstić information content (AvgIpc) is 3.45. The maximum Gasteiger partial charge on any atom is 0.226 e. The lowest BCUT2D eigenvalue weighted by Gasteiger charge is -2.16. The van der Waals surface area contributed by atoms with E-state index in [1.807, 2.05) is 20.8 Å². The van der Waals surface area contributed by atoms with Gasteiger partial charge in [0.15, 0.2) is 29.0 Å². The van der Waals surface area contributed by atoms with Crippen LogP contribution in [-0.2, 0) is 20.2 Å². The number of ether oxygens (including phenoxy) is 1. The molecule has 1 fully saturated rings. The average molecular weight is 544 g/mol. The van der Waals surface area contributed by atoms with Crippen LogP contribution in [0.4, 0.5) is 5.82 Å². The van der Waals surface area contributed by atoms with E-state index < -0.39 is 34.6 Å². The fourth-order valence-corrected chi connectivity index (χ4v) is 5.19. The Morgan fingerprint density at radius 2 is 1.94 bits per heavy atom. The van der Waals surface area contributed by atoms with Crippen molar-refractivity contribution in [2.24, 2.45) is 0 Å². The Labute approximate surface area is 213 Å². The highest BCUT2D eigenvalue weighted by Crippen LogP contribution is 2.41. The van der Waals surface area contributed by atoms with Gasteiger partial charge in [0.2, 0.25) is 15.3 Å². The van der Waals surface area contributed by atoms with E-state index in [2.05, 4.69) is 30.1 Å². The van der Waals surface area contributed by atoms with E-state index in [9.17, 15) is 18.6 Å². The van der Waals surface area contributed by atoms with Crippen LogP contribution in [0.2, 0.25) is 5.28 Å². The lowest BCUT2D eigenvalue weighted by atomic mass is 9.92. The third-order valence-electron chi connectivity index (χ3n) is 5.56. The Bertz CT molecular complexity index is 1340. The van der Waals surface area contributed by atoms with Crippen molar-refractivity contribution in [3.05, 3.63) is 29.1 Å². The number of nitrogens with one attached hydrogen (secondary N) is 2. The van der Waals surface area contributed by atoms with Crippen LogP contribution in [0.5, 0.6) is 0 Å². The third kappa shape index (κ3) is 5.48. The zero-order chi connectivity index (χ0) is 26.4. The first-order valence-corrected chi connectivity index (χ1v) is 13.4. The number of anilines is 1. The summed E-state index contributed by atoms with van der Waals surface area (Å²) in [5.41, 5.74) is 0.924. The van der Waals surface area contributed by atoms with E-state index >= 15 is 0 Å². The largest absolute Gasteiger partial charge is 0.387 e. The van der Waals surface area contributed by atoms with Gasteiger partial charge in [-0.1, -0.05) is 25.9 Å². The van der Waals surface area contributed by atoms with Gasteiger partial charge in [-0.15, -0.1) is 0 Å². The number of rotatable bonds is 8. The van der Waals surface area contributed by atoms with Gasteiger partial charge in [0.05, 0.1) is 17.8 Å². The summed E-state index contributed by atoms with van der Waals surface area (Å²) in [4.78, 5) is 12.6. The number of sulfonamides is 1. The smallest absolute Gasteiger partial charge is 0.226 e. The van der Waals surface area contributed by atoms with Crippen LogP contribution >= 0.6 is 11.6 Å². The van der Waals surface area contributed by atoms with Crippen LogP contribution in [0.15, 0.2) is 16.9 Å². The molecule has 4 N–H and O–H groups in total. The lowest BCUT2D eigenvalue weighted by molar-refractivity contribution is -0.0434. The number of fused-ring (bicyclic) bond motifs is 1. The molecule has 4 atom stereocenters. The highest BCUT2D eigenvalue weighted by molar-refractivity contribution is 7.89. The minimum absolute atomic E-state index is 0.0439. The maximum atomic E-state index is 12.1. The van der Waals surface area contributed by atoms with Gasteiger partial charge >= 0.3 is 0 Å². The van der Waals surface area contributed by atoms with Crippen LogP contribution in [0.1, 0.15) is 58.4 Å². The fourth-order valence-electron chi connectivity index (χ4n) is 3.82. The summed E-state index contributed by atoms with van der Waals surface area (Å²) in [5, 5.41) is 28.3. The summed E-state index contributed by atoms with van der Waals surface area (Å²) in [6, 6.07) is 1.47. The summed E-state index contributed by atoms with van der Waals surface area (Å²) in [6.07, 6.45) is -3.30. The van der Waals surface area contributed by atoms with Gasteiger partial charge in [-0.25, -0.2) is 18.1 Å². The maximum absolute atomic E-state index is 12.1. The molecule has 3 aromatic heterocycles. The molecule has 0 amide bonds. The molecule has 13 nitrogen and oxygen atoms in total. The molecule has 3 aromatic rings. The number of aromatic nitrogens is 5. The van der Waals surface area contributed by atoms with Gasteiger partial charge in [0.25, 0.3) is 0 Å². The van der Waals surface area contributed by atoms with Crippen LogP contribution < -0.4 is 10.0 Å². The number of hydrogen-bond acceptors (Lipinski definition) is 11. The Morgan fingerprint density at radius 3 is 2.58 bits per heavy atom. The summed E-state index contributed by atoms with van der Waals surface area (Å²) < 4.78 is 39.5. The highest BCUT2D eigenvalue weighted by Gasteiger charge is 2.47. The van der Waals surface area contributed by atoms with Crippen molar-refractivity contribution >= 4 is 38.6 Å². The number of halogens is 1. The topological polar surface area (TPSA) is 178 Å². The zero-order valence-corrected chi connectivity index (χ0v) is 22.1. The monoisotopic (exact) mass is 543 g/mol. The van der Waals surface area contributed by atoms with Crippen molar-refractivity contribution < 1.29 is 27.9 Å². The molecule has 0 aromatic carbocycles. The minimum atomic E-state index is -3.49. The van der Waals surface area contributed by atoms with Crippen LogP contribution in [-0.4, -0.2) is 73.9 Å². The molecule has 0 radical (unpaired) electrons. The number of aliphatic hydroxyl groups is 2. The number of aliphatic hydroxyl groups excluding tert-OH is 2. The molecule has 4 rings (SSSR count). The van der Waals surface area contributed by atoms with Gasteiger partial charge in [0, 0.05) is 24.1 Å². The summed E-state index contributed by atoms with van der Waals surface area (Å²) in [7, 11) is -3.49. The molecule has 36 heavy (non-hydrogen) atoms. The van der Waals surface area contributed by atoms with E-state index in [0.29, 0.717) is 5.69 Å². The second-order valence-corrected chi connectivity index (χ2v) is 12.2. The van der Waals surface area contributed by atoms with Crippen molar-refractivity contribution in [2.45, 2.75) is 70.6 Å². The van der Waals surface area contributed by atoms with Crippen LogP contribution in [0.3, 0.4) is 0 Å². The molecule has 0 aliphatic carbocycles. The van der Waals surface area contributed by atoms with Gasteiger partial charge in [-0.05, 0) is 25.4 Å². The molecule has 0 bridgehead atoms. The molecule has 0 spiro atoms. The molecular formula is C21H30ClN7O6S.